The first-order valence-electron chi connectivity index (χ1n) is 8.35. The number of carbonyl (C=O) groups is 2. The first-order valence-corrected chi connectivity index (χ1v) is 9.14. The predicted molar refractivity (Wildman–Crippen MR) is 99.6 cm³/mol. The average Bonchev–Trinajstić information content (AvgIpc) is 3.20. The molecule has 0 N–H and O–H groups in total. The second-order valence-corrected chi connectivity index (χ2v) is 7.44. The molecule has 2 aliphatic heterocycles. The molecule has 2 aromatic rings. The van der Waals surface area contributed by atoms with Crippen LogP contribution in [-0.2, 0) is 16.0 Å². The molecule has 0 bridgehead atoms. The van der Waals surface area contributed by atoms with Gasteiger partial charge in [0.05, 0.1) is 5.92 Å². The summed E-state index contributed by atoms with van der Waals surface area (Å²) in [5.74, 6) is -0.251. The molecule has 2 aliphatic rings. The zero-order chi connectivity index (χ0) is 17.6. The molecule has 25 heavy (non-hydrogen) atoms. The van der Waals surface area contributed by atoms with Crippen molar-refractivity contribution in [3.63, 3.8) is 0 Å². The van der Waals surface area contributed by atoms with Crippen molar-refractivity contribution < 1.29 is 9.59 Å². The lowest BCUT2D eigenvalue weighted by atomic mass is 10.1. The number of aryl methyl sites for hydroxylation is 1. The van der Waals surface area contributed by atoms with Crippen molar-refractivity contribution >= 4 is 39.1 Å². The number of hydrogen-bond donors (Lipinski definition) is 0. The Morgan fingerprint density at radius 3 is 2.96 bits per heavy atom. The van der Waals surface area contributed by atoms with Gasteiger partial charge in [0.1, 0.15) is 0 Å². The van der Waals surface area contributed by atoms with Gasteiger partial charge in [-0.2, -0.15) is 0 Å². The van der Waals surface area contributed by atoms with E-state index in [4.69, 9.17) is 0 Å². The predicted octanol–water partition coefficient (Wildman–Crippen LogP) is 3.09. The molecular weight excluding hydrogens is 382 g/mol. The molecule has 6 heteroatoms. The summed E-state index contributed by atoms with van der Waals surface area (Å²) in [4.78, 5) is 33.1. The van der Waals surface area contributed by atoms with Crippen LogP contribution in [0.5, 0.6) is 0 Å². The Bertz CT molecular complexity index is 867. The Labute approximate surface area is 154 Å². The van der Waals surface area contributed by atoms with Crippen LogP contribution >= 0.6 is 15.9 Å². The molecule has 1 unspecified atom stereocenters. The van der Waals surface area contributed by atoms with Crippen LogP contribution in [0.2, 0.25) is 0 Å². The molecule has 0 aliphatic carbocycles. The average molecular weight is 400 g/mol. The van der Waals surface area contributed by atoms with Crippen LogP contribution in [0.4, 0.5) is 11.4 Å². The molecule has 1 fully saturated rings. The zero-order valence-electron chi connectivity index (χ0n) is 13.9. The van der Waals surface area contributed by atoms with E-state index in [1.165, 1.54) is 0 Å². The number of halogens is 1. The molecule has 4 rings (SSSR count). The smallest absolute Gasteiger partial charge is 0.232 e. The highest BCUT2D eigenvalue weighted by Crippen LogP contribution is 2.33. The number of carbonyl (C=O) groups excluding carboxylic acids is 2. The molecule has 0 spiro atoms. The van der Waals surface area contributed by atoms with Crippen LogP contribution in [0, 0.1) is 12.8 Å². The first kappa shape index (κ1) is 16.3. The molecule has 0 saturated carbocycles. The summed E-state index contributed by atoms with van der Waals surface area (Å²) in [7, 11) is 0. The summed E-state index contributed by atoms with van der Waals surface area (Å²) < 4.78 is 1.01. The Morgan fingerprint density at radius 1 is 1.32 bits per heavy atom. The van der Waals surface area contributed by atoms with Crippen LogP contribution < -0.4 is 9.80 Å². The highest BCUT2D eigenvalue weighted by Gasteiger charge is 2.39. The number of pyridine rings is 1. The van der Waals surface area contributed by atoms with Crippen LogP contribution in [-0.4, -0.2) is 29.9 Å². The van der Waals surface area contributed by atoms with Gasteiger partial charge < -0.3 is 9.80 Å². The lowest BCUT2D eigenvalue weighted by Gasteiger charge is -2.22. The number of aromatic nitrogens is 1. The van der Waals surface area contributed by atoms with E-state index in [9.17, 15) is 9.59 Å². The normalized spacial score (nSPS) is 19.4. The van der Waals surface area contributed by atoms with E-state index in [0.29, 0.717) is 13.1 Å². The topological polar surface area (TPSA) is 53.5 Å². The highest BCUT2D eigenvalue weighted by molar-refractivity contribution is 9.10. The maximum Gasteiger partial charge on any atom is 0.232 e. The van der Waals surface area contributed by atoms with Gasteiger partial charge in [-0.25, -0.2) is 0 Å². The van der Waals surface area contributed by atoms with Crippen LogP contribution in [0.1, 0.15) is 17.5 Å². The molecule has 3 heterocycles. The van der Waals surface area contributed by atoms with Crippen molar-refractivity contribution in [3.05, 3.63) is 52.3 Å². The summed E-state index contributed by atoms with van der Waals surface area (Å²) in [6.45, 7) is 3.10. The summed E-state index contributed by atoms with van der Waals surface area (Å²) >= 11 is 3.48. The monoisotopic (exact) mass is 399 g/mol. The summed E-state index contributed by atoms with van der Waals surface area (Å²) in [5.41, 5.74) is 3.96. The first-order chi connectivity index (χ1) is 12.0. The van der Waals surface area contributed by atoms with E-state index < -0.39 is 0 Å². The minimum Gasteiger partial charge on any atom is -0.312 e. The molecule has 5 nitrogen and oxygen atoms in total. The van der Waals surface area contributed by atoms with E-state index >= 15 is 0 Å². The van der Waals surface area contributed by atoms with Gasteiger partial charge in [-0.1, -0.05) is 15.9 Å². The van der Waals surface area contributed by atoms with E-state index in [0.717, 1.165) is 33.4 Å². The number of nitrogens with zero attached hydrogens (tertiary/aromatic N) is 3. The van der Waals surface area contributed by atoms with Crippen molar-refractivity contribution in [3.8, 4) is 0 Å². The third kappa shape index (κ3) is 2.84. The minimum absolute atomic E-state index is 0.00854. The third-order valence-corrected chi connectivity index (χ3v) is 5.86. The SMILES string of the molecule is Cc1cc(N2CC(C(=O)N3CCc4cnccc43)CC2=O)ccc1Br. The minimum atomic E-state index is -0.296. The molecule has 1 saturated heterocycles. The molecule has 128 valence electrons. The van der Waals surface area contributed by atoms with Crippen molar-refractivity contribution in [2.75, 3.05) is 22.9 Å². The number of fused-ring (bicyclic) bond motifs is 1. The number of benzene rings is 1. The Balaban J connectivity index is 1.54. The molecule has 1 atom stereocenters. The fourth-order valence-corrected chi connectivity index (χ4v) is 3.84. The van der Waals surface area contributed by atoms with Crippen LogP contribution in [0.25, 0.3) is 0 Å². The summed E-state index contributed by atoms with van der Waals surface area (Å²) in [6, 6.07) is 7.72. The van der Waals surface area contributed by atoms with Gasteiger partial charge in [-0.3, -0.25) is 14.6 Å². The lowest BCUT2D eigenvalue weighted by Crippen LogP contribution is -2.36. The standard InChI is InChI=1S/C19H18BrN3O2/c1-12-8-15(2-3-16(12)20)23-11-14(9-18(23)24)19(25)22-7-5-13-10-21-6-4-17(13)22/h2-4,6,8,10,14H,5,7,9,11H2,1H3. The maximum absolute atomic E-state index is 13.0. The molecular formula is C19H18BrN3O2. The number of rotatable bonds is 2. The Kier molecular flexibility index (Phi) is 4.07. The van der Waals surface area contributed by atoms with Gasteiger partial charge in [-0.05, 0) is 48.7 Å². The largest absolute Gasteiger partial charge is 0.312 e. The summed E-state index contributed by atoms with van der Waals surface area (Å²) in [6.07, 6.45) is 4.62. The van der Waals surface area contributed by atoms with E-state index in [2.05, 4.69) is 20.9 Å². The van der Waals surface area contributed by atoms with Crippen LogP contribution in [0.3, 0.4) is 0 Å². The number of anilines is 2. The van der Waals surface area contributed by atoms with E-state index in [-0.39, 0.29) is 24.2 Å². The van der Waals surface area contributed by atoms with Crippen molar-refractivity contribution in [2.45, 2.75) is 19.8 Å². The fraction of sp³-hybridized carbons (Fsp3) is 0.316. The molecule has 1 aromatic heterocycles. The fourth-order valence-electron chi connectivity index (χ4n) is 3.60. The highest BCUT2D eigenvalue weighted by atomic mass is 79.9. The van der Waals surface area contributed by atoms with Gasteiger partial charge >= 0.3 is 0 Å². The second-order valence-electron chi connectivity index (χ2n) is 6.58. The summed E-state index contributed by atoms with van der Waals surface area (Å²) in [5, 5.41) is 0. The van der Waals surface area contributed by atoms with Crippen LogP contribution in [0.15, 0.2) is 41.1 Å². The number of hydrogen-bond acceptors (Lipinski definition) is 3. The Hall–Kier alpha value is -2.21. The van der Waals surface area contributed by atoms with Gasteiger partial charge in [0.15, 0.2) is 0 Å². The molecule has 1 aromatic carbocycles. The Morgan fingerprint density at radius 2 is 2.16 bits per heavy atom. The number of amides is 2. The quantitative estimate of drug-likeness (QED) is 0.779. The van der Waals surface area contributed by atoms with Crippen molar-refractivity contribution in [2.24, 2.45) is 5.92 Å². The zero-order valence-corrected chi connectivity index (χ0v) is 15.5. The maximum atomic E-state index is 13.0. The third-order valence-electron chi connectivity index (χ3n) is 4.97. The van der Waals surface area contributed by atoms with Gasteiger partial charge in [-0.15, -0.1) is 0 Å². The van der Waals surface area contributed by atoms with E-state index in [1.807, 2.05) is 42.3 Å². The van der Waals surface area contributed by atoms with Gasteiger partial charge in [0.2, 0.25) is 11.8 Å². The van der Waals surface area contributed by atoms with Crippen molar-refractivity contribution in [1.29, 1.82) is 0 Å². The molecule has 0 radical (unpaired) electrons. The van der Waals surface area contributed by atoms with E-state index in [1.54, 1.807) is 11.1 Å². The lowest BCUT2D eigenvalue weighted by molar-refractivity contribution is -0.124. The molecule has 2 amide bonds. The second kappa shape index (κ2) is 6.26. The van der Waals surface area contributed by atoms with Gasteiger partial charge in [0.25, 0.3) is 0 Å². The van der Waals surface area contributed by atoms with Crippen molar-refractivity contribution in [1.82, 2.24) is 4.98 Å². The van der Waals surface area contributed by atoms with Gasteiger partial charge in [0, 0.05) is 47.8 Å².